The van der Waals surface area contributed by atoms with E-state index < -0.39 is 0 Å². The molecular formula is C34H60. The van der Waals surface area contributed by atoms with Crippen LogP contribution >= 0.6 is 0 Å². The summed E-state index contributed by atoms with van der Waals surface area (Å²) in [5.74, 6) is 0.716. The van der Waals surface area contributed by atoms with E-state index in [0.29, 0.717) is 11.3 Å². The summed E-state index contributed by atoms with van der Waals surface area (Å²) in [5, 5.41) is 0. The molecule has 7 rings (SSSR count). The Morgan fingerprint density at radius 1 is 0.500 bits per heavy atom. The lowest BCUT2D eigenvalue weighted by Crippen LogP contribution is -2.71. The summed E-state index contributed by atoms with van der Waals surface area (Å²) in [5.41, 5.74) is 3.18. The molecule has 8 bridgehead atoms. The van der Waals surface area contributed by atoms with Gasteiger partial charge in [0.25, 0.3) is 0 Å². The maximum Gasteiger partial charge on any atom is -0.0137 e. The molecule has 0 saturated heterocycles. The maximum absolute atomic E-state index is 2.87. The van der Waals surface area contributed by atoms with Crippen molar-refractivity contribution in [3.05, 3.63) is 0 Å². The Morgan fingerprint density at radius 2 is 0.971 bits per heavy atom. The molecule has 7 saturated carbocycles. The number of hydrogen-bond acceptors (Lipinski definition) is 0. The van der Waals surface area contributed by atoms with Gasteiger partial charge in [-0.3, -0.25) is 0 Å². The van der Waals surface area contributed by atoms with Gasteiger partial charge in [0.1, 0.15) is 0 Å². The van der Waals surface area contributed by atoms with Gasteiger partial charge in [0.15, 0.2) is 0 Å². The first-order valence-corrected chi connectivity index (χ1v) is 14.8. The predicted octanol–water partition coefficient (Wildman–Crippen LogP) is 10.4. The summed E-state index contributed by atoms with van der Waals surface area (Å²) in [7, 11) is 0. The molecule has 0 aromatic carbocycles. The molecule has 9 unspecified atom stereocenters. The normalized spacial score (nSPS) is 63.6. The lowest BCUT2D eigenvalue weighted by molar-refractivity contribution is -0.291. The summed E-state index contributed by atoms with van der Waals surface area (Å²) in [6, 6.07) is 0. The fraction of sp³-hybridized carbons (Fsp3) is 1.00. The van der Waals surface area contributed by atoms with Crippen molar-refractivity contribution < 1.29 is 0 Å². The molecule has 0 aliphatic heterocycles. The highest BCUT2D eigenvalue weighted by Crippen LogP contribution is 3.02. The second-order valence-electron chi connectivity index (χ2n) is 18.3. The van der Waals surface area contributed by atoms with E-state index >= 15 is 0 Å². The van der Waals surface area contributed by atoms with Crippen LogP contribution in [0.4, 0.5) is 0 Å². The zero-order valence-corrected chi connectivity index (χ0v) is 26.4. The average molecular weight is 469 g/mol. The standard InChI is InChI=1S/C34H60/c1-18-34-20-28(12)24(5,6)25(7,8)32(16)29(13,21-34)27(11)19-23(3,4)31(15,33(28,32)17)30(14,22(34)2)26(27,9)10/h22H,18-21H2,1-17H3. The van der Waals surface area contributed by atoms with E-state index in [-0.39, 0.29) is 59.6 Å². The van der Waals surface area contributed by atoms with Crippen LogP contribution in [0, 0.1) is 70.9 Å². The Hall–Kier alpha value is 0. The molecule has 0 nitrogen and oxygen atoms in total. The van der Waals surface area contributed by atoms with Gasteiger partial charge in [0.05, 0.1) is 0 Å². The largest absolute Gasteiger partial charge is 0.0648 e. The van der Waals surface area contributed by atoms with Crippen LogP contribution in [0.1, 0.15) is 143 Å². The van der Waals surface area contributed by atoms with E-state index in [4.69, 9.17) is 0 Å². The van der Waals surface area contributed by atoms with E-state index in [1.807, 2.05) is 0 Å². The molecule has 9 atom stereocenters. The zero-order valence-electron chi connectivity index (χ0n) is 26.4. The summed E-state index contributed by atoms with van der Waals surface area (Å²) in [6.07, 6.45) is 5.52. The first-order chi connectivity index (χ1) is 14.8. The third kappa shape index (κ3) is 1.55. The lowest BCUT2D eigenvalue weighted by Gasteiger charge is -2.76. The SMILES string of the molecule is CCC12CC3(C)C4(C)CC(C)(C)C(C)(C(C)(C1C)C4(C)C)C1(C)C(C)(C2)C(C)(C)C(C)(C)C31C. The van der Waals surface area contributed by atoms with Gasteiger partial charge >= 0.3 is 0 Å². The molecule has 0 heteroatoms. The molecule has 7 aliphatic rings. The highest BCUT2D eigenvalue weighted by molar-refractivity contribution is 5.44. The quantitative estimate of drug-likeness (QED) is 0.359. The van der Waals surface area contributed by atoms with Crippen molar-refractivity contribution in [1.82, 2.24) is 0 Å². The Kier molecular flexibility index (Phi) is 4.08. The molecule has 0 N–H and O–H groups in total. The summed E-state index contributed by atoms with van der Waals surface area (Å²) in [4.78, 5) is 0. The average Bonchev–Trinajstić information content (AvgIpc) is 2.77. The third-order valence-corrected chi connectivity index (χ3v) is 19.4. The van der Waals surface area contributed by atoms with Crippen molar-refractivity contribution in [2.24, 2.45) is 70.9 Å². The minimum atomic E-state index is 0.221. The minimum absolute atomic E-state index is 0.221. The van der Waals surface area contributed by atoms with E-state index in [1.165, 1.54) is 25.7 Å². The molecule has 0 aromatic heterocycles. The van der Waals surface area contributed by atoms with Crippen LogP contribution in [0.3, 0.4) is 0 Å². The Labute approximate surface area is 214 Å². The fourth-order valence-electron chi connectivity index (χ4n) is 15.9. The predicted molar refractivity (Wildman–Crippen MR) is 148 cm³/mol. The van der Waals surface area contributed by atoms with Crippen LogP contribution in [-0.4, -0.2) is 0 Å². The first kappa shape index (κ1) is 25.6. The highest BCUT2D eigenvalue weighted by atomic mass is 15.0. The van der Waals surface area contributed by atoms with Crippen molar-refractivity contribution in [3.8, 4) is 0 Å². The van der Waals surface area contributed by atoms with Crippen LogP contribution in [-0.2, 0) is 0 Å². The molecule has 7 fully saturated rings. The van der Waals surface area contributed by atoms with Gasteiger partial charge in [-0.2, -0.15) is 0 Å². The van der Waals surface area contributed by atoms with Crippen molar-refractivity contribution in [1.29, 1.82) is 0 Å². The Morgan fingerprint density at radius 3 is 1.44 bits per heavy atom. The van der Waals surface area contributed by atoms with Crippen LogP contribution < -0.4 is 0 Å². The molecular weight excluding hydrogens is 408 g/mol. The van der Waals surface area contributed by atoms with E-state index in [9.17, 15) is 0 Å². The molecule has 196 valence electrons. The summed E-state index contributed by atoms with van der Waals surface area (Å²) < 4.78 is 0. The Bertz CT molecular complexity index is 980. The summed E-state index contributed by atoms with van der Waals surface area (Å²) >= 11 is 0. The van der Waals surface area contributed by atoms with E-state index in [1.54, 1.807) is 0 Å². The van der Waals surface area contributed by atoms with Gasteiger partial charge < -0.3 is 0 Å². The molecule has 7 aliphatic carbocycles. The zero-order chi connectivity index (χ0) is 26.4. The van der Waals surface area contributed by atoms with Crippen molar-refractivity contribution >= 4 is 0 Å². The van der Waals surface area contributed by atoms with Crippen LogP contribution in [0.15, 0.2) is 0 Å². The molecule has 0 heterocycles. The second kappa shape index (κ2) is 5.41. The lowest BCUT2D eigenvalue weighted by atomic mass is 9.27. The van der Waals surface area contributed by atoms with Gasteiger partial charge in [0.2, 0.25) is 0 Å². The van der Waals surface area contributed by atoms with E-state index in [2.05, 4.69) is 118 Å². The van der Waals surface area contributed by atoms with Crippen molar-refractivity contribution in [2.75, 3.05) is 0 Å². The molecule has 0 spiro atoms. The van der Waals surface area contributed by atoms with Gasteiger partial charge in [-0.15, -0.1) is 0 Å². The molecule has 0 aromatic rings. The Balaban J connectivity index is 2.19. The molecule has 0 radical (unpaired) electrons. The first-order valence-electron chi connectivity index (χ1n) is 14.8. The van der Waals surface area contributed by atoms with Gasteiger partial charge in [-0.25, -0.2) is 0 Å². The van der Waals surface area contributed by atoms with Gasteiger partial charge in [-0.1, -0.05) is 124 Å². The maximum atomic E-state index is 2.87. The highest BCUT2D eigenvalue weighted by Gasteiger charge is 2.97. The molecule has 0 amide bonds. The van der Waals surface area contributed by atoms with Gasteiger partial charge in [-0.05, 0) is 90.2 Å². The smallest absolute Gasteiger partial charge is 0.0137 e. The number of rotatable bonds is 1. The van der Waals surface area contributed by atoms with Crippen LogP contribution in [0.2, 0.25) is 0 Å². The number of hydrogen-bond donors (Lipinski definition) is 0. The minimum Gasteiger partial charge on any atom is -0.0648 e. The topological polar surface area (TPSA) is 0 Å². The van der Waals surface area contributed by atoms with E-state index in [0.717, 1.165) is 0 Å². The molecule has 34 heavy (non-hydrogen) atoms. The monoisotopic (exact) mass is 468 g/mol. The van der Waals surface area contributed by atoms with Crippen LogP contribution in [0.5, 0.6) is 0 Å². The van der Waals surface area contributed by atoms with Crippen molar-refractivity contribution in [3.63, 3.8) is 0 Å². The fourth-order valence-corrected chi connectivity index (χ4v) is 15.9. The summed E-state index contributed by atoms with van der Waals surface area (Å²) in [6.45, 7) is 46.9. The third-order valence-electron chi connectivity index (χ3n) is 19.4. The van der Waals surface area contributed by atoms with Gasteiger partial charge in [0, 0.05) is 0 Å². The van der Waals surface area contributed by atoms with Crippen LogP contribution in [0.25, 0.3) is 0 Å². The number of fused-ring (bicyclic) bond motifs is 1. The van der Waals surface area contributed by atoms with Crippen molar-refractivity contribution in [2.45, 2.75) is 143 Å². The second-order valence-corrected chi connectivity index (χ2v) is 18.3.